The summed E-state index contributed by atoms with van der Waals surface area (Å²) in [5.41, 5.74) is 3.29. The van der Waals surface area contributed by atoms with Crippen molar-refractivity contribution in [2.45, 2.75) is 52.0 Å². The third kappa shape index (κ3) is 7.07. The normalized spacial score (nSPS) is 12.6. The molecule has 200 valence electrons. The summed E-state index contributed by atoms with van der Waals surface area (Å²) in [6.45, 7) is 7.10. The standard InChI is InChI=1S/C31H35FN2O4/c1-22(35)33-28-14-25-15-30(31(2,3)21-38-19-24-12-8-5-9-13-24)34(29(25)16-27(28)32)17-26(36)20-37-18-23-10-6-4-7-11-23/h4-16,26,36H,17-21H2,1-3H3,(H,33,35)/t26-/m1/s1. The van der Waals surface area contributed by atoms with Gasteiger partial charge in [0.05, 0.1) is 50.3 Å². The van der Waals surface area contributed by atoms with Gasteiger partial charge in [-0.3, -0.25) is 4.79 Å². The predicted octanol–water partition coefficient (Wildman–Crippen LogP) is 5.81. The molecule has 3 aromatic carbocycles. The SMILES string of the molecule is CC(=O)Nc1cc2cc(C(C)(C)COCc3ccccc3)n(C[C@@H](O)COCc3ccccc3)c2cc1F. The van der Waals surface area contributed by atoms with Crippen LogP contribution in [0.3, 0.4) is 0 Å². The van der Waals surface area contributed by atoms with Gasteiger partial charge in [-0.15, -0.1) is 0 Å². The zero-order valence-electron chi connectivity index (χ0n) is 22.1. The molecular weight excluding hydrogens is 483 g/mol. The number of aromatic nitrogens is 1. The maximum absolute atomic E-state index is 14.9. The van der Waals surface area contributed by atoms with Crippen molar-refractivity contribution in [3.8, 4) is 0 Å². The molecule has 1 amide bonds. The molecular formula is C31H35FN2O4. The molecule has 0 aliphatic rings. The summed E-state index contributed by atoms with van der Waals surface area (Å²) in [6, 6.07) is 24.7. The van der Waals surface area contributed by atoms with E-state index in [1.807, 2.05) is 71.3 Å². The molecule has 4 aromatic rings. The van der Waals surface area contributed by atoms with Crippen molar-refractivity contribution in [2.75, 3.05) is 18.5 Å². The van der Waals surface area contributed by atoms with Crippen molar-refractivity contribution in [2.24, 2.45) is 0 Å². The van der Waals surface area contributed by atoms with Crippen LogP contribution in [0.25, 0.3) is 10.9 Å². The molecule has 0 saturated carbocycles. The molecule has 2 N–H and O–H groups in total. The van der Waals surface area contributed by atoms with Crippen LogP contribution in [-0.4, -0.2) is 34.9 Å². The molecule has 1 aromatic heterocycles. The Morgan fingerprint density at radius 3 is 2.18 bits per heavy atom. The average Bonchev–Trinajstić information content (AvgIpc) is 3.23. The van der Waals surface area contributed by atoms with E-state index in [2.05, 4.69) is 19.2 Å². The summed E-state index contributed by atoms with van der Waals surface area (Å²) in [7, 11) is 0. The predicted molar refractivity (Wildman–Crippen MR) is 147 cm³/mol. The van der Waals surface area contributed by atoms with Gasteiger partial charge in [0, 0.05) is 29.5 Å². The molecule has 0 aliphatic heterocycles. The summed E-state index contributed by atoms with van der Waals surface area (Å²) < 4.78 is 28.7. The summed E-state index contributed by atoms with van der Waals surface area (Å²) in [5, 5.41) is 14.2. The highest BCUT2D eigenvalue weighted by Gasteiger charge is 2.28. The van der Waals surface area contributed by atoms with E-state index in [-0.39, 0.29) is 24.7 Å². The number of aliphatic hydroxyl groups is 1. The quantitative estimate of drug-likeness (QED) is 0.248. The van der Waals surface area contributed by atoms with Crippen LogP contribution in [0.15, 0.2) is 78.9 Å². The maximum Gasteiger partial charge on any atom is 0.221 e. The molecule has 0 spiro atoms. The number of benzene rings is 3. The van der Waals surface area contributed by atoms with Crippen molar-refractivity contribution in [1.82, 2.24) is 4.57 Å². The van der Waals surface area contributed by atoms with Crippen molar-refractivity contribution in [1.29, 1.82) is 0 Å². The van der Waals surface area contributed by atoms with Gasteiger partial charge < -0.3 is 24.5 Å². The number of rotatable bonds is 12. The van der Waals surface area contributed by atoms with Gasteiger partial charge >= 0.3 is 0 Å². The van der Waals surface area contributed by atoms with Crippen LogP contribution in [0, 0.1) is 5.82 Å². The molecule has 1 heterocycles. The van der Waals surface area contributed by atoms with Gasteiger partial charge in [0.25, 0.3) is 0 Å². The van der Waals surface area contributed by atoms with Crippen molar-refractivity contribution < 1.29 is 23.8 Å². The topological polar surface area (TPSA) is 72.7 Å². The fourth-order valence-corrected chi connectivity index (χ4v) is 4.55. The molecule has 6 nitrogen and oxygen atoms in total. The van der Waals surface area contributed by atoms with E-state index in [1.165, 1.54) is 13.0 Å². The number of nitrogens with one attached hydrogen (secondary N) is 1. The van der Waals surface area contributed by atoms with E-state index in [0.29, 0.717) is 25.3 Å². The number of anilines is 1. The lowest BCUT2D eigenvalue weighted by atomic mass is 9.90. The summed E-state index contributed by atoms with van der Waals surface area (Å²) in [6.07, 6.45) is -0.813. The van der Waals surface area contributed by atoms with Gasteiger partial charge in [-0.1, -0.05) is 74.5 Å². The third-order valence-electron chi connectivity index (χ3n) is 6.38. The maximum atomic E-state index is 14.9. The fraction of sp³-hybridized carbons (Fsp3) is 0.323. The number of amides is 1. The molecule has 0 radical (unpaired) electrons. The van der Waals surface area contributed by atoms with Crippen LogP contribution in [0.1, 0.15) is 37.6 Å². The van der Waals surface area contributed by atoms with Crippen LogP contribution < -0.4 is 5.32 Å². The van der Waals surface area contributed by atoms with Crippen LogP contribution >= 0.6 is 0 Å². The first-order chi connectivity index (χ1) is 18.2. The third-order valence-corrected chi connectivity index (χ3v) is 6.38. The fourth-order valence-electron chi connectivity index (χ4n) is 4.55. The van der Waals surface area contributed by atoms with Crippen LogP contribution in [0.4, 0.5) is 10.1 Å². The molecule has 0 bridgehead atoms. The number of hydrogen-bond acceptors (Lipinski definition) is 4. The Morgan fingerprint density at radius 1 is 0.974 bits per heavy atom. The monoisotopic (exact) mass is 518 g/mol. The molecule has 0 aliphatic carbocycles. The average molecular weight is 519 g/mol. The van der Waals surface area contributed by atoms with E-state index in [1.54, 1.807) is 6.07 Å². The molecule has 0 saturated heterocycles. The van der Waals surface area contributed by atoms with Gasteiger partial charge in [-0.05, 0) is 23.3 Å². The Balaban J connectivity index is 1.57. The van der Waals surface area contributed by atoms with Crippen LogP contribution in [0.5, 0.6) is 0 Å². The zero-order valence-corrected chi connectivity index (χ0v) is 22.1. The molecule has 1 atom stereocenters. The number of hydrogen-bond donors (Lipinski definition) is 2. The van der Waals surface area contributed by atoms with Gasteiger partial charge in [-0.2, -0.15) is 0 Å². The summed E-state index contributed by atoms with van der Waals surface area (Å²) in [4.78, 5) is 11.6. The number of nitrogens with zero attached hydrogens (tertiary/aromatic N) is 1. The van der Waals surface area contributed by atoms with E-state index >= 15 is 0 Å². The van der Waals surface area contributed by atoms with E-state index < -0.39 is 17.3 Å². The Morgan fingerprint density at radius 2 is 1.58 bits per heavy atom. The highest BCUT2D eigenvalue weighted by molar-refractivity contribution is 5.93. The van der Waals surface area contributed by atoms with Gasteiger partial charge in [0.1, 0.15) is 5.82 Å². The van der Waals surface area contributed by atoms with Crippen LogP contribution in [-0.2, 0) is 39.4 Å². The zero-order chi connectivity index (χ0) is 27.1. The summed E-state index contributed by atoms with van der Waals surface area (Å²) in [5.74, 6) is -0.880. The minimum Gasteiger partial charge on any atom is -0.389 e. The molecule has 4 rings (SSSR count). The van der Waals surface area contributed by atoms with Crippen LogP contribution in [0.2, 0.25) is 0 Å². The largest absolute Gasteiger partial charge is 0.389 e. The Kier molecular flexibility index (Phi) is 8.94. The van der Waals surface area contributed by atoms with Crippen molar-refractivity contribution in [3.63, 3.8) is 0 Å². The lowest BCUT2D eigenvalue weighted by Crippen LogP contribution is -2.30. The number of carbonyl (C=O) groups excluding carboxylic acids is 1. The van der Waals surface area contributed by atoms with Gasteiger partial charge in [0.15, 0.2) is 0 Å². The first kappa shape index (κ1) is 27.5. The van der Waals surface area contributed by atoms with Crippen molar-refractivity contribution >= 4 is 22.5 Å². The molecule has 0 fully saturated rings. The van der Waals surface area contributed by atoms with E-state index in [4.69, 9.17) is 9.47 Å². The lowest BCUT2D eigenvalue weighted by Gasteiger charge is -2.28. The number of fused-ring (bicyclic) bond motifs is 1. The minimum absolute atomic E-state index is 0.124. The molecule has 38 heavy (non-hydrogen) atoms. The van der Waals surface area contributed by atoms with E-state index in [9.17, 15) is 14.3 Å². The van der Waals surface area contributed by atoms with Crippen molar-refractivity contribution in [3.05, 3.63) is 102 Å². The Hall–Kier alpha value is -3.52. The minimum atomic E-state index is -0.813. The van der Waals surface area contributed by atoms with E-state index in [0.717, 1.165) is 22.2 Å². The summed E-state index contributed by atoms with van der Waals surface area (Å²) >= 11 is 0. The Bertz CT molecular complexity index is 1350. The molecule has 0 unspecified atom stereocenters. The number of aliphatic hydroxyl groups excluding tert-OH is 1. The van der Waals surface area contributed by atoms with Gasteiger partial charge in [0.2, 0.25) is 5.91 Å². The number of halogens is 1. The smallest absolute Gasteiger partial charge is 0.221 e. The Labute approximate surface area is 223 Å². The lowest BCUT2D eigenvalue weighted by molar-refractivity contribution is -0.114. The highest BCUT2D eigenvalue weighted by Crippen LogP contribution is 2.33. The highest BCUT2D eigenvalue weighted by atomic mass is 19.1. The number of ether oxygens (including phenoxy) is 2. The first-order valence-corrected chi connectivity index (χ1v) is 12.8. The second-order valence-electron chi connectivity index (χ2n) is 10.2. The second-order valence-corrected chi connectivity index (χ2v) is 10.2. The first-order valence-electron chi connectivity index (χ1n) is 12.8. The van der Waals surface area contributed by atoms with Gasteiger partial charge in [-0.25, -0.2) is 4.39 Å². The number of carbonyl (C=O) groups is 1. The molecule has 7 heteroatoms. The second kappa shape index (κ2) is 12.3.